The Balaban J connectivity index is 1.87. The van der Waals surface area contributed by atoms with E-state index in [2.05, 4.69) is 19.7 Å². The Morgan fingerprint density at radius 2 is 1.92 bits per heavy atom. The molecule has 0 fully saturated rings. The Bertz CT molecular complexity index is 980. The highest BCUT2D eigenvalue weighted by atomic mass is 32.2. The molecule has 0 amide bonds. The quantitative estimate of drug-likeness (QED) is 0.704. The van der Waals surface area contributed by atoms with Crippen molar-refractivity contribution in [1.82, 2.24) is 10.3 Å². The summed E-state index contributed by atoms with van der Waals surface area (Å²) >= 11 is 0. The van der Waals surface area contributed by atoms with Gasteiger partial charge in [-0.05, 0) is 53.6 Å². The van der Waals surface area contributed by atoms with Gasteiger partial charge in [0.25, 0.3) is 10.0 Å². The van der Waals surface area contributed by atoms with Gasteiger partial charge in [0.1, 0.15) is 10.4 Å². The van der Waals surface area contributed by atoms with Crippen molar-refractivity contribution in [3.05, 3.63) is 48.0 Å². The van der Waals surface area contributed by atoms with Crippen molar-refractivity contribution in [2.24, 2.45) is 0 Å². The van der Waals surface area contributed by atoms with Gasteiger partial charge in [-0.3, -0.25) is 4.72 Å². The monoisotopic (exact) mass is 347 g/mol. The average molecular weight is 347 g/mol. The second kappa shape index (κ2) is 6.28. The van der Waals surface area contributed by atoms with E-state index >= 15 is 0 Å². The van der Waals surface area contributed by atoms with Gasteiger partial charge in [0, 0.05) is 5.69 Å². The van der Waals surface area contributed by atoms with Crippen LogP contribution >= 0.6 is 0 Å². The van der Waals surface area contributed by atoms with Crippen LogP contribution in [0.25, 0.3) is 11.0 Å². The molecule has 0 unspecified atom stereocenters. The summed E-state index contributed by atoms with van der Waals surface area (Å²) in [6.07, 6.45) is 0. The molecule has 3 rings (SSSR count). The first kappa shape index (κ1) is 15.9. The van der Waals surface area contributed by atoms with Crippen LogP contribution in [0.5, 0.6) is 0 Å². The van der Waals surface area contributed by atoms with Crippen molar-refractivity contribution in [3.63, 3.8) is 0 Å². The fraction of sp³-hybridized carbons (Fsp3) is 0.133. The van der Waals surface area contributed by atoms with E-state index in [4.69, 9.17) is 4.74 Å². The molecule has 2 aromatic carbocycles. The summed E-state index contributed by atoms with van der Waals surface area (Å²) in [6, 6.07) is 10.5. The second-order valence-corrected chi connectivity index (χ2v) is 6.44. The molecule has 0 aliphatic rings. The van der Waals surface area contributed by atoms with Crippen LogP contribution in [0.2, 0.25) is 0 Å². The number of carbonyl (C=O) groups is 1. The third kappa shape index (κ3) is 3.06. The normalized spacial score (nSPS) is 11.4. The third-order valence-electron chi connectivity index (χ3n) is 3.19. The predicted octanol–water partition coefficient (Wildman–Crippen LogP) is 2.20. The lowest BCUT2D eigenvalue weighted by molar-refractivity contribution is 0.0526. The zero-order valence-electron chi connectivity index (χ0n) is 12.6. The number of benzene rings is 2. The summed E-state index contributed by atoms with van der Waals surface area (Å²) in [5.74, 6) is -0.467. The highest BCUT2D eigenvalue weighted by Gasteiger charge is 2.20. The van der Waals surface area contributed by atoms with Crippen molar-refractivity contribution in [2.75, 3.05) is 11.3 Å². The smallest absolute Gasteiger partial charge is 0.338 e. The van der Waals surface area contributed by atoms with Gasteiger partial charge in [-0.15, -0.1) is 0 Å². The van der Waals surface area contributed by atoms with Crippen molar-refractivity contribution >= 4 is 32.7 Å². The zero-order chi connectivity index (χ0) is 17.2. The van der Waals surface area contributed by atoms with Gasteiger partial charge in [0.15, 0.2) is 5.52 Å². The van der Waals surface area contributed by atoms with E-state index in [0.29, 0.717) is 16.8 Å². The second-order valence-electron chi connectivity index (χ2n) is 4.79. The number of anilines is 1. The molecule has 24 heavy (non-hydrogen) atoms. The SMILES string of the molecule is CCOC(=O)c1ccc(NS(=O)(=O)c2cccc3nonc23)cc1. The first-order valence-electron chi connectivity index (χ1n) is 7.02. The highest BCUT2D eigenvalue weighted by Crippen LogP contribution is 2.22. The Hall–Kier alpha value is -2.94. The summed E-state index contributed by atoms with van der Waals surface area (Å²) in [7, 11) is -3.88. The fourth-order valence-electron chi connectivity index (χ4n) is 2.10. The molecule has 0 aliphatic heterocycles. The number of fused-ring (bicyclic) bond motifs is 1. The molecule has 3 aromatic rings. The van der Waals surface area contributed by atoms with E-state index in [1.54, 1.807) is 19.1 Å². The first-order chi connectivity index (χ1) is 11.5. The van der Waals surface area contributed by atoms with Crippen LogP contribution in [-0.2, 0) is 14.8 Å². The summed E-state index contributed by atoms with van der Waals surface area (Å²) in [5, 5.41) is 7.24. The molecule has 0 saturated carbocycles. The maximum absolute atomic E-state index is 12.5. The van der Waals surface area contributed by atoms with Crippen LogP contribution in [0.4, 0.5) is 5.69 Å². The molecule has 0 saturated heterocycles. The molecule has 124 valence electrons. The van der Waals surface area contributed by atoms with Crippen LogP contribution in [0.15, 0.2) is 52.0 Å². The van der Waals surface area contributed by atoms with Crippen LogP contribution in [0.3, 0.4) is 0 Å². The van der Waals surface area contributed by atoms with E-state index in [1.165, 1.54) is 30.3 Å². The minimum atomic E-state index is -3.88. The number of nitrogens with one attached hydrogen (secondary N) is 1. The van der Waals surface area contributed by atoms with Gasteiger partial charge in [-0.2, -0.15) is 0 Å². The van der Waals surface area contributed by atoms with Crippen LogP contribution < -0.4 is 4.72 Å². The third-order valence-corrected chi connectivity index (χ3v) is 4.60. The molecule has 0 bridgehead atoms. The number of ether oxygens (including phenoxy) is 1. The minimum Gasteiger partial charge on any atom is -0.462 e. The molecule has 0 radical (unpaired) electrons. The number of esters is 1. The van der Waals surface area contributed by atoms with Gasteiger partial charge in [-0.1, -0.05) is 6.07 Å². The summed E-state index contributed by atoms with van der Waals surface area (Å²) in [6.45, 7) is 1.97. The number of nitrogens with zero attached hydrogens (tertiary/aromatic N) is 2. The summed E-state index contributed by atoms with van der Waals surface area (Å²) in [4.78, 5) is 11.5. The maximum atomic E-state index is 12.5. The number of carbonyl (C=O) groups excluding carboxylic acids is 1. The Kier molecular flexibility index (Phi) is 4.17. The number of hydrogen-bond donors (Lipinski definition) is 1. The molecular weight excluding hydrogens is 334 g/mol. The molecule has 9 heteroatoms. The molecular formula is C15H13N3O5S. The molecule has 1 N–H and O–H groups in total. The average Bonchev–Trinajstić information content (AvgIpc) is 3.03. The molecule has 1 heterocycles. The number of hydrogen-bond acceptors (Lipinski definition) is 7. The molecule has 1 aromatic heterocycles. The van der Waals surface area contributed by atoms with Crippen molar-refractivity contribution < 1.29 is 22.6 Å². The van der Waals surface area contributed by atoms with E-state index < -0.39 is 16.0 Å². The Morgan fingerprint density at radius 1 is 1.17 bits per heavy atom. The lowest BCUT2D eigenvalue weighted by Crippen LogP contribution is -2.13. The topological polar surface area (TPSA) is 111 Å². The van der Waals surface area contributed by atoms with Gasteiger partial charge in [0.2, 0.25) is 0 Å². The summed E-state index contributed by atoms with van der Waals surface area (Å²) in [5.41, 5.74) is 1.13. The van der Waals surface area contributed by atoms with Crippen molar-refractivity contribution in [3.8, 4) is 0 Å². The molecule has 0 atom stereocenters. The highest BCUT2D eigenvalue weighted by molar-refractivity contribution is 7.93. The molecule has 0 spiro atoms. The minimum absolute atomic E-state index is 0.0456. The van der Waals surface area contributed by atoms with Crippen LogP contribution in [0.1, 0.15) is 17.3 Å². The molecule has 0 aliphatic carbocycles. The maximum Gasteiger partial charge on any atom is 0.338 e. The Morgan fingerprint density at radius 3 is 2.62 bits per heavy atom. The standard InChI is InChI=1S/C15H13N3O5S/c1-2-22-15(19)10-6-8-11(9-7-10)18-24(20,21)13-5-3-4-12-14(13)17-23-16-12/h3-9,18H,2H2,1H3. The van der Waals surface area contributed by atoms with Gasteiger partial charge in [0.05, 0.1) is 12.2 Å². The Labute approximate surface area is 137 Å². The predicted molar refractivity (Wildman–Crippen MR) is 85.0 cm³/mol. The fourth-order valence-corrected chi connectivity index (χ4v) is 3.31. The van der Waals surface area contributed by atoms with Crippen LogP contribution in [0, 0.1) is 0 Å². The lowest BCUT2D eigenvalue weighted by atomic mass is 10.2. The van der Waals surface area contributed by atoms with Gasteiger partial charge >= 0.3 is 5.97 Å². The number of aromatic nitrogens is 2. The van der Waals surface area contributed by atoms with Crippen molar-refractivity contribution in [2.45, 2.75) is 11.8 Å². The van der Waals surface area contributed by atoms with E-state index in [0.717, 1.165) is 0 Å². The number of rotatable bonds is 5. The molecule has 8 nitrogen and oxygen atoms in total. The lowest BCUT2D eigenvalue weighted by Gasteiger charge is -2.08. The summed E-state index contributed by atoms with van der Waals surface area (Å²) < 4.78 is 36.9. The zero-order valence-corrected chi connectivity index (χ0v) is 13.4. The van der Waals surface area contributed by atoms with Crippen LogP contribution in [-0.4, -0.2) is 31.3 Å². The number of sulfonamides is 1. The van der Waals surface area contributed by atoms with Crippen molar-refractivity contribution in [1.29, 1.82) is 0 Å². The van der Waals surface area contributed by atoms with E-state index in [1.807, 2.05) is 0 Å². The van der Waals surface area contributed by atoms with E-state index in [9.17, 15) is 13.2 Å². The first-order valence-corrected chi connectivity index (χ1v) is 8.51. The largest absolute Gasteiger partial charge is 0.462 e. The van der Waals surface area contributed by atoms with Gasteiger partial charge in [-0.25, -0.2) is 17.8 Å². The van der Waals surface area contributed by atoms with E-state index in [-0.39, 0.29) is 17.0 Å². The van der Waals surface area contributed by atoms with Gasteiger partial charge < -0.3 is 4.74 Å².